The molecule has 1 aliphatic rings. The lowest BCUT2D eigenvalue weighted by Gasteiger charge is -2.27. The lowest BCUT2D eigenvalue weighted by Crippen LogP contribution is -2.38. The van der Waals surface area contributed by atoms with E-state index in [1.54, 1.807) is 12.3 Å². The predicted octanol–water partition coefficient (Wildman–Crippen LogP) is 2.92. The number of aryl methyl sites for hydroxylation is 1. The Balaban J connectivity index is 2.00. The summed E-state index contributed by atoms with van der Waals surface area (Å²) in [7, 11) is -3.55. The van der Waals surface area contributed by atoms with Crippen LogP contribution in [0.1, 0.15) is 11.4 Å². The van der Waals surface area contributed by atoms with Crippen molar-refractivity contribution in [3.63, 3.8) is 0 Å². The summed E-state index contributed by atoms with van der Waals surface area (Å²) in [4.78, 5) is 4.48. The van der Waals surface area contributed by atoms with Crippen molar-refractivity contribution in [3.05, 3.63) is 44.9 Å². The first-order valence-electron chi connectivity index (χ1n) is 6.35. The number of sulfonamides is 1. The molecular formula is C13H13Br2N3O2S. The number of nitrogens with zero attached hydrogens (tertiary/aromatic N) is 3. The molecule has 0 bridgehead atoms. The average molecular weight is 435 g/mol. The highest BCUT2D eigenvalue weighted by molar-refractivity contribution is 9.11. The number of fused-ring (bicyclic) bond motifs is 1. The SMILES string of the molecule is Cc1cc(Br)c(S(=O)(=O)N2CCn3ccnc3C2)cc1Br. The van der Waals surface area contributed by atoms with E-state index in [9.17, 15) is 8.42 Å². The normalized spacial score (nSPS) is 16.0. The number of aromatic nitrogens is 2. The van der Waals surface area contributed by atoms with E-state index in [2.05, 4.69) is 36.8 Å². The van der Waals surface area contributed by atoms with Gasteiger partial charge in [0.25, 0.3) is 0 Å². The first-order chi connectivity index (χ1) is 9.89. The predicted molar refractivity (Wildman–Crippen MR) is 86.4 cm³/mol. The standard InChI is InChI=1S/C13H13Br2N3O2S/c1-9-6-11(15)12(7-10(9)14)21(19,20)18-5-4-17-3-2-16-13(17)8-18/h2-3,6-7H,4-5,8H2,1H3. The second-order valence-electron chi connectivity index (χ2n) is 4.91. The molecule has 0 saturated heterocycles. The van der Waals surface area contributed by atoms with Crippen molar-refractivity contribution in [2.75, 3.05) is 6.54 Å². The number of imidazole rings is 1. The van der Waals surface area contributed by atoms with E-state index in [0.717, 1.165) is 15.9 Å². The van der Waals surface area contributed by atoms with E-state index < -0.39 is 10.0 Å². The largest absolute Gasteiger partial charge is 0.333 e. The van der Waals surface area contributed by atoms with Gasteiger partial charge >= 0.3 is 0 Å². The fourth-order valence-electron chi connectivity index (χ4n) is 2.32. The molecule has 0 atom stereocenters. The highest BCUT2D eigenvalue weighted by atomic mass is 79.9. The molecule has 8 heteroatoms. The Hall–Kier alpha value is -0.700. The highest BCUT2D eigenvalue weighted by Gasteiger charge is 2.30. The molecule has 112 valence electrons. The molecule has 1 aromatic carbocycles. The number of benzene rings is 1. The molecule has 0 fully saturated rings. The zero-order valence-corrected chi connectivity index (χ0v) is 15.2. The number of hydrogen-bond acceptors (Lipinski definition) is 3. The van der Waals surface area contributed by atoms with Crippen molar-refractivity contribution in [1.29, 1.82) is 0 Å². The van der Waals surface area contributed by atoms with Crippen LogP contribution in [0.25, 0.3) is 0 Å². The van der Waals surface area contributed by atoms with Gasteiger partial charge in [-0.2, -0.15) is 4.31 Å². The molecule has 0 amide bonds. The molecule has 5 nitrogen and oxygen atoms in total. The maximum atomic E-state index is 12.8. The van der Waals surface area contributed by atoms with Crippen LogP contribution in [0.15, 0.2) is 38.4 Å². The van der Waals surface area contributed by atoms with E-state index in [4.69, 9.17) is 0 Å². The molecule has 21 heavy (non-hydrogen) atoms. The molecule has 1 aromatic heterocycles. The monoisotopic (exact) mass is 433 g/mol. The van der Waals surface area contributed by atoms with Crippen LogP contribution in [-0.4, -0.2) is 28.8 Å². The maximum absolute atomic E-state index is 12.8. The van der Waals surface area contributed by atoms with Gasteiger partial charge in [-0.15, -0.1) is 0 Å². The zero-order chi connectivity index (χ0) is 15.2. The van der Waals surface area contributed by atoms with E-state index in [1.165, 1.54) is 4.31 Å². The molecular weight excluding hydrogens is 422 g/mol. The number of halogens is 2. The van der Waals surface area contributed by atoms with Gasteiger partial charge < -0.3 is 4.57 Å². The van der Waals surface area contributed by atoms with Gasteiger partial charge in [0.2, 0.25) is 10.0 Å². The van der Waals surface area contributed by atoms with Crippen molar-refractivity contribution in [2.24, 2.45) is 0 Å². The van der Waals surface area contributed by atoms with Gasteiger partial charge in [-0.25, -0.2) is 13.4 Å². The fraction of sp³-hybridized carbons (Fsp3) is 0.308. The summed E-state index contributed by atoms with van der Waals surface area (Å²) >= 11 is 6.76. The summed E-state index contributed by atoms with van der Waals surface area (Å²) < 4.78 is 30.5. The molecule has 0 radical (unpaired) electrons. The smallest absolute Gasteiger partial charge is 0.244 e. The fourth-order valence-corrected chi connectivity index (χ4v) is 5.35. The van der Waals surface area contributed by atoms with Crippen LogP contribution in [0, 0.1) is 6.92 Å². The Bertz CT molecular complexity index is 802. The Morgan fingerprint density at radius 3 is 2.71 bits per heavy atom. The summed E-state index contributed by atoms with van der Waals surface area (Å²) in [6, 6.07) is 3.46. The highest BCUT2D eigenvalue weighted by Crippen LogP contribution is 2.31. The maximum Gasteiger partial charge on any atom is 0.244 e. The first-order valence-corrected chi connectivity index (χ1v) is 9.38. The molecule has 0 aliphatic carbocycles. The zero-order valence-electron chi connectivity index (χ0n) is 11.3. The summed E-state index contributed by atoms with van der Waals surface area (Å²) in [5.74, 6) is 0.770. The topological polar surface area (TPSA) is 55.2 Å². The molecule has 0 spiro atoms. The van der Waals surface area contributed by atoms with Crippen LogP contribution in [0.4, 0.5) is 0 Å². The number of hydrogen-bond donors (Lipinski definition) is 0. The van der Waals surface area contributed by atoms with Crippen LogP contribution in [0.5, 0.6) is 0 Å². The Morgan fingerprint density at radius 1 is 1.19 bits per heavy atom. The lowest BCUT2D eigenvalue weighted by molar-refractivity contribution is 0.335. The Kier molecular flexibility index (Phi) is 3.98. The van der Waals surface area contributed by atoms with Gasteiger partial charge in [0, 0.05) is 34.4 Å². The lowest BCUT2D eigenvalue weighted by atomic mass is 10.2. The second kappa shape index (κ2) is 5.49. The first kappa shape index (κ1) is 15.2. The average Bonchev–Trinajstić information content (AvgIpc) is 2.90. The minimum atomic E-state index is -3.55. The summed E-state index contributed by atoms with van der Waals surface area (Å²) in [6.45, 7) is 3.29. The van der Waals surface area contributed by atoms with E-state index >= 15 is 0 Å². The molecule has 2 heterocycles. The van der Waals surface area contributed by atoms with Crippen molar-refractivity contribution in [2.45, 2.75) is 24.9 Å². The van der Waals surface area contributed by atoms with E-state index in [0.29, 0.717) is 24.1 Å². The Labute approximate surface area is 140 Å². The van der Waals surface area contributed by atoms with Gasteiger partial charge in [0.1, 0.15) is 5.82 Å². The Morgan fingerprint density at radius 2 is 1.95 bits per heavy atom. The summed E-state index contributed by atoms with van der Waals surface area (Å²) in [6.07, 6.45) is 3.57. The third-order valence-electron chi connectivity index (χ3n) is 3.54. The van der Waals surface area contributed by atoms with Gasteiger partial charge in [-0.05, 0) is 40.5 Å². The summed E-state index contributed by atoms with van der Waals surface area (Å²) in [5.41, 5.74) is 0.981. The van der Waals surface area contributed by atoms with Crippen LogP contribution in [0.3, 0.4) is 0 Å². The van der Waals surface area contributed by atoms with Gasteiger partial charge in [-0.3, -0.25) is 0 Å². The molecule has 1 aliphatic heterocycles. The van der Waals surface area contributed by atoms with Crippen molar-refractivity contribution >= 4 is 41.9 Å². The molecule has 0 unspecified atom stereocenters. The van der Waals surface area contributed by atoms with E-state index in [1.807, 2.05) is 23.8 Å². The van der Waals surface area contributed by atoms with Crippen molar-refractivity contribution in [3.8, 4) is 0 Å². The van der Waals surface area contributed by atoms with Gasteiger partial charge in [-0.1, -0.05) is 15.9 Å². The van der Waals surface area contributed by atoms with Crippen molar-refractivity contribution in [1.82, 2.24) is 13.9 Å². The minimum Gasteiger partial charge on any atom is -0.333 e. The van der Waals surface area contributed by atoms with Crippen LogP contribution >= 0.6 is 31.9 Å². The third kappa shape index (κ3) is 2.69. The molecule has 0 N–H and O–H groups in total. The summed E-state index contributed by atoms with van der Waals surface area (Å²) in [5, 5.41) is 0. The van der Waals surface area contributed by atoms with Gasteiger partial charge in [0.05, 0.1) is 11.4 Å². The third-order valence-corrected chi connectivity index (χ3v) is 7.20. The second-order valence-corrected chi connectivity index (χ2v) is 8.52. The number of rotatable bonds is 2. The minimum absolute atomic E-state index is 0.278. The quantitative estimate of drug-likeness (QED) is 0.730. The molecule has 3 rings (SSSR count). The van der Waals surface area contributed by atoms with Crippen LogP contribution < -0.4 is 0 Å². The van der Waals surface area contributed by atoms with E-state index in [-0.39, 0.29) is 4.90 Å². The van der Waals surface area contributed by atoms with Crippen LogP contribution in [-0.2, 0) is 23.1 Å². The van der Waals surface area contributed by atoms with Crippen molar-refractivity contribution < 1.29 is 8.42 Å². The van der Waals surface area contributed by atoms with Gasteiger partial charge in [0.15, 0.2) is 0 Å². The van der Waals surface area contributed by atoms with Crippen LogP contribution in [0.2, 0.25) is 0 Å². The molecule has 2 aromatic rings. The molecule has 0 saturated carbocycles.